The summed E-state index contributed by atoms with van der Waals surface area (Å²) in [5.41, 5.74) is 4.55. The highest BCUT2D eigenvalue weighted by molar-refractivity contribution is 5.97. The Bertz CT molecular complexity index is 1340. The zero-order chi connectivity index (χ0) is 28.3. The molecule has 6 heteroatoms. The topological polar surface area (TPSA) is 65.1 Å². The maximum absolute atomic E-state index is 13.7. The number of amides is 1. The Morgan fingerprint density at radius 2 is 1.62 bits per heavy atom. The van der Waals surface area contributed by atoms with Gasteiger partial charge in [0.15, 0.2) is 0 Å². The first-order chi connectivity index (χ1) is 19.2. The second kappa shape index (κ2) is 11.7. The number of rotatable bonds is 9. The van der Waals surface area contributed by atoms with Crippen LogP contribution in [0.2, 0.25) is 0 Å². The molecule has 0 bridgehead atoms. The molecule has 1 aliphatic carbocycles. The van der Waals surface area contributed by atoms with Crippen LogP contribution in [0, 0.1) is 5.92 Å². The van der Waals surface area contributed by atoms with Crippen LogP contribution in [0.4, 0.5) is 5.69 Å². The highest BCUT2D eigenvalue weighted by Crippen LogP contribution is 2.36. The molecular formula is C34H39NO5. The quantitative estimate of drug-likeness (QED) is 0.261. The number of benzene rings is 3. The van der Waals surface area contributed by atoms with Gasteiger partial charge in [0.2, 0.25) is 11.7 Å². The molecule has 3 aromatic carbocycles. The summed E-state index contributed by atoms with van der Waals surface area (Å²) in [4.78, 5) is 28.0. The van der Waals surface area contributed by atoms with E-state index in [0.717, 1.165) is 23.4 Å². The van der Waals surface area contributed by atoms with Crippen molar-refractivity contribution in [1.82, 2.24) is 0 Å². The Hall–Kier alpha value is -3.80. The summed E-state index contributed by atoms with van der Waals surface area (Å²) in [6, 6.07) is 21.9. The van der Waals surface area contributed by atoms with E-state index in [4.69, 9.17) is 14.2 Å². The van der Waals surface area contributed by atoms with Gasteiger partial charge in [0.05, 0.1) is 13.7 Å². The molecule has 1 saturated carbocycles. The second-order valence-corrected chi connectivity index (χ2v) is 11.5. The molecule has 6 nitrogen and oxygen atoms in total. The van der Waals surface area contributed by atoms with Crippen LogP contribution in [0.15, 0.2) is 66.7 Å². The van der Waals surface area contributed by atoms with Gasteiger partial charge in [-0.15, -0.1) is 0 Å². The molecule has 1 atom stereocenters. The third-order valence-electron chi connectivity index (χ3n) is 8.17. The van der Waals surface area contributed by atoms with E-state index in [1.807, 2.05) is 23.1 Å². The Labute approximate surface area is 237 Å². The molecule has 2 aliphatic rings. The minimum absolute atomic E-state index is 0.0835. The molecule has 0 radical (unpaired) electrons. The first-order valence-corrected chi connectivity index (χ1v) is 14.3. The molecule has 0 saturated heterocycles. The summed E-state index contributed by atoms with van der Waals surface area (Å²) >= 11 is 0. The van der Waals surface area contributed by atoms with Crippen molar-refractivity contribution in [3.05, 3.63) is 89.0 Å². The van der Waals surface area contributed by atoms with Crippen molar-refractivity contribution >= 4 is 17.6 Å². The Morgan fingerprint density at radius 1 is 0.975 bits per heavy atom. The smallest absolute Gasteiger partial charge is 0.345 e. The third-order valence-corrected chi connectivity index (χ3v) is 8.17. The Balaban J connectivity index is 1.37. The number of fused-ring (bicyclic) bond motifs is 1. The van der Waals surface area contributed by atoms with Gasteiger partial charge in [-0.3, -0.25) is 4.79 Å². The average Bonchev–Trinajstić information content (AvgIpc) is 3.47. The van der Waals surface area contributed by atoms with E-state index in [1.54, 1.807) is 33.1 Å². The number of cyclic esters (lactones) is 1. The molecule has 1 fully saturated rings. The number of hydrogen-bond donors (Lipinski definition) is 0. The molecule has 210 valence electrons. The van der Waals surface area contributed by atoms with Gasteiger partial charge < -0.3 is 19.1 Å². The van der Waals surface area contributed by atoms with E-state index in [1.165, 1.54) is 36.8 Å². The van der Waals surface area contributed by atoms with Crippen molar-refractivity contribution in [3.63, 3.8) is 0 Å². The van der Waals surface area contributed by atoms with Crippen LogP contribution in [0.1, 0.15) is 92.3 Å². The molecule has 1 unspecified atom stereocenters. The van der Waals surface area contributed by atoms with Crippen LogP contribution in [-0.2, 0) is 16.1 Å². The highest BCUT2D eigenvalue weighted by Gasteiger charge is 2.34. The van der Waals surface area contributed by atoms with Crippen LogP contribution in [-0.4, -0.2) is 24.8 Å². The van der Waals surface area contributed by atoms with Crippen molar-refractivity contribution < 1.29 is 23.8 Å². The van der Waals surface area contributed by atoms with E-state index < -0.39 is 11.8 Å². The summed E-state index contributed by atoms with van der Waals surface area (Å²) in [7, 11) is 1.67. The normalized spacial score (nSPS) is 16.9. The zero-order valence-electron chi connectivity index (χ0n) is 23.9. The van der Waals surface area contributed by atoms with Gasteiger partial charge in [0.1, 0.15) is 17.1 Å². The first-order valence-electron chi connectivity index (χ1n) is 14.3. The predicted octanol–water partition coefficient (Wildman–Crippen LogP) is 7.64. The van der Waals surface area contributed by atoms with Crippen LogP contribution >= 0.6 is 0 Å². The fraction of sp³-hybridized carbons (Fsp3) is 0.412. The second-order valence-electron chi connectivity index (χ2n) is 11.5. The SMILES string of the molecule is COc1ccc(C(C)c2ccc(CN(C(=O)CCC3CCCC3)c3ccc4c(c3)OC(C)(C)OC4=O)cc2)cc1. The van der Waals surface area contributed by atoms with E-state index in [9.17, 15) is 9.59 Å². The van der Waals surface area contributed by atoms with Crippen molar-refractivity contribution in [2.24, 2.45) is 5.92 Å². The summed E-state index contributed by atoms with van der Waals surface area (Å²) < 4.78 is 16.6. The van der Waals surface area contributed by atoms with Crippen LogP contribution < -0.4 is 14.4 Å². The van der Waals surface area contributed by atoms with Gasteiger partial charge in [-0.2, -0.15) is 0 Å². The first kappa shape index (κ1) is 27.8. The zero-order valence-corrected chi connectivity index (χ0v) is 23.9. The van der Waals surface area contributed by atoms with Crippen LogP contribution in [0.25, 0.3) is 0 Å². The van der Waals surface area contributed by atoms with Gasteiger partial charge in [0, 0.05) is 37.9 Å². The van der Waals surface area contributed by atoms with Gasteiger partial charge >= 0.3 is 5.97 Å². The fourth-order valence-electron chi connectivity index (χ4n) is 5.76. The summed E-state index contributed by atoms with van der Waals surface area (Å²) in [6.07, 6.45) is 6.36. The molecule has 0 N–H and O–H groups in total. The summed E-state index contributed by atoms with van der Waals surface area (Å²) in [5.74, 6) is 0.750. The number of nitrogens with zero attached hydrogens (tertiary/aromatic N) is 1. The molecule has 1 aliphatic heterocycles. The molecule has 0 aromatic heterocycles. The van der Waals surface area contributed by atoms with Crippen molar-refractivity contribution in [2.75, 3.05) is 12.0 Å². The average molecular weight is 542 g/mol. The van der Waals surface area contributed by atoms with Gasteiger partial charge in [-0.05, 0) is 53.3 Å². The van der Waals surface area contributed by atoms with Crippen molar-refractivity contribution in [3.8, 4) is 11.5 Å². The third kappa shape index (κ3) is 6.33. The number of methoxy groups -OCH3 is 1. The van der Waals surface area contributed by atoms with E-state index in [0.29, 0.717) is 30.2 Å². The molecule has 0 spiro atoms. The van der Waals surface area contributed by atoms with Crippen LogP contribution in [0.3, 0.4) is 0 Å². The van der Waals surface area contributed by atoms with E-state index in [2.05, 4.69) is 43.3 Å². The Morgan fingerprint density at radius 3 is 2.27 bits per heavy atom. The summed E-state index contributed by atoms with van der Waals surface area (Å²) in [5, 5.41) is 0. The lowest BCUT2D eigenvalue weighted by molar-refractivity contribution is -0.127. The predicted molar refractivity (Wildman–Crippen MR) is 156 cm³/mol. The standard InChI is InChI=1S/C34H39NO5/c1-23(27-14-17-29(38-4)18-15-27)26-12-9-25(10-13-26)22-35(32(36)20-11-24-7-5-6-8-24)28-16-19-30-31(21-28)39-34(2,3)40-33(30)37/h9-10,12-19,21,23-24H,5-8,11,20,22H2,1-4H3. The number of hydrogen-bond acceptors (Lipinski definition) is 5. The van der Waals surface area contributed by atoms with E-state index in [-0.39, 0.29) is 11.8 Å². The molecule has 1 heterocycles. The van der Waals surface area contributed by atoms with Gasteiger partial charge in [-0.25, -0.2) is 4.79 Å². The largest absolute Gasteiger partial charge is 0.497 e. The number of carbonyl (C=O) groups is 2. The van der Waals surface area contributed by atoms with Crippen LogP contribution in [0.5, 0.6) is 11.5 Å². The summed E-state index contributed by atoms with van der Waals surface area (Å²) in [6.45, 7) is 6.04. The molecule has 3 aromatic rings. The Kier molecular flexibility index (Phi) is 8.15. The lowest BCUT2D eigenvalue weighted by Gasteiger charge is -2.32. The molecule has 1 amide bonds. The number of esters is 1. The van der Waals surface area contributed by atoms with Crippen molar-refractivity contribution in [2.45, 2.75) is 77.5 Å². The highest BCUT2D eigenvalue weighted by atomic mass is 16.7. The van der Waals surface area contributed by atoms with Gasteiger partial charge in [-0.1, -0.05) is 69.0 Å². The minimum atomic E-state index is -1.06. The fourth-order valence-corrected chi connectivity index (χ4v) is 5.76. The maximum atomic E-state index is 13.7. The lowest BCUT2D eigenvalue weighted by atomic mass is 9.92. The number of ether oxygens (including phenoxy) is 3. The maximum Gasteiger partial charge on any atom is 0.345 e. The monoisotopic (exact) mass is 541 g/mol. The number of carbonyl (C=O) groups excluding carboxylic acids is 2. The molecular weight excluding hydrogens is 502 g/mol. The van der Waals surface area contributed by atoms with E-state index >= 15 is 0 Å². The van der Waals surface area contributed by atoms with Crippen molar-refractivity contribution in [1.29, 1.82) is 0 Å². The molecule has 5 rings (SSSR count). The van der Waals surface area contributed by atoms with Gasteiger partial charge in [0.25, 0.3) is 0 Å². The molecule has 40 heavy (non-hydrogen) atoms. The minimum Gasteiger partial charge on any atom is -0.497 e. The number of anilines is 1. The lowest BCUT2D eigenvalue weighted by Crippen LogP contribution is -2.39.